The molecule has 246 valence electrons. The molecule has 10 aromatic rings. The molecule has 1 aromatic heterocycles. The minimum atomic E-state index is 0.652. The summed E-state index contributed by atoms with van der Waals surface area (Å²) in [5.41, 5.74) is 12.9. The van der Waals surface area contributed by atoms with Gasteiger partial charge in [-0.2, -0.15) is 5.26 Å². The molecule has 0 fully saturated rings. The second-order valence-corrected chi connectivity index (χ2v) is 13.6. The van der Waals surface area contributed by atoms with Gasteiger partial charge in [-0.3, -0.25) is 0 Å². The maximum absolute atomic E-state index is 10.6. The molecule has 0 aliphatic carbocycles. The van der Waals surface area contributed by atoms with Gasteiger partial charge in [0.05, 0.1) is 22.7 Å². The highest BCUT2D eigenvalue weighted by Gasteiger charge is 2.18. The first-order valence-corrected chi connectivity index (χ1v) is 18.0. The van der Waals surface area contributed by atoms with E-state index in [1.54, 1.807) is 0 Å². The fraction of sp³-hybridized carbons (Fsp3) is 0. The van der Waals surface area contributed by atoms with Crippen LogP contribution < -0.4 is 0 Å². The van der Waals surface area contributed by atoms with Crippen LogP contribution in [-0.2, 0) is 0 Å². The van der Waals surface area contributed by atoms with Crippen molar-refractivity contribution in [2.75, 3.05) is 0 Å². The predicted octanol–water partition coefficient (Wildman–Crippen LogP) is 13.6. The molecule has 0 saturated heterocycles. The molecule has 0 saturated carbocycles. The van der Waals surface area contributed by atoms with E-state index >= 15 is 0 Å². The molecule has 0 N–H and O–H groups in total. The Hall–Kier alpha value is -7.21. The molecule has 9 aromatic carbocycles. The number of para-hydroxylation sites is 2. The van der Waals surface area contributed by atoms with Gasteiger partial charge in [0.25, 0.3) is 0 Å². The Morgan fingerprint density at radius 2 is 0.811 bits per heavy atom. The average molecular weight is 673 g/mol. The van der Waals surface area contributed by atoms with Crippen LogP contribution >= 0.6 is 0 Å². The van der Waals surface area contributed by atoms with E-state index in [1.165, 1.54) is 54.5 Å². The van der Waals surface area contributed by atoms with Crippen LogP contribution in [0, 0.1) is 11.3 Å². The molecule has 0 unspecified atom stereocenters. The standard InChI is InChI=1S/C51H32N2/c52-33-39-31-38(51-46-24-6-4-22-44(46)50(34-14-2-1-3-15-34)45-23-5-7-25-47(45)51)28-29-41(39)37-18-12-16-35(30-37)36-17-13-19-40(32-36)53-48-26-10-8-20-42(48)43-21-9-11-27-49(43)53/h1-32H. The van der Waals surface area contributed by atoms with Crippen molar-refractivity contribution in [2.24, 2.45) is 0 Å². The lowest BCUT2D eigenvalue weighted by atomic mass is 9.85. The zero-order valence-corrected chi connectivity index (χ0v) is 28.9. The Morgan fingerprint density at radius 1 is 0.340 bits per heavy atom. The minimum Gasteiger partial charge on any atom is -0.309 e. The lowest BCUT2D eigenvalue weighted by molar-refractivity contribution is 1.18. The summed E-state index contributed by atoms with van der Waals surface area (Å²) >= 11 is 0. The van der Waals surface area contributed by atoms with Gasteiger partial charge < -0.3 is 4.57 Å². The third-order valence-electron chi connectivity index (χ3n) is 10.6. The summed E-state index contributed by atoms with van der Waals surface area (Å²) in [5, 5.41) is 17.9. The van der Waals surface area contributed by atoms with Crippen LogP contribution in [0.1, 0.15) is 5.56 Å². The molecule has 0 radical (unpaired) electrons. The molecule has 0 aliphatic rings. The van der Waals surface area contributed by atoms with E-state index < -0.39 is 0 Å². The van der Waals surface area contributed by atoms with Crippen molar-refractivity contribution < 1.29 is 0 Å². The monoisotopic (exact) mass is 672 g/mol. The summed E-state index contributed by atoms with van der Waals surface area (Å²) in [5.74, 6) is 0. The zero-order chi connectivity index (χ0) is 35.3. The van der Waals surface area contributed by atoms with Crippen LogP contribution in [0.2, 0.25) is 0 Å². The second kappa shape index (κ2) is 12.5. The Morgan fingerprint density at radius 3 is 1.42 bits per heavy atom. The molecular formula is C51H32N2. The molecule has 53 heavy (non-hydrogen) atoms. The Balaban J connectivity index is 1.09. The van der Waals surface area contributed by atoms with Gasteiger partial charge in [0.15, 0.2) is 0 Å². The van der Waals surface area contributed by atoms with E-state index in [1.807, 2.05) is 0 Å². The van der Waals surface area contributed by atoms with Crippen LogP contribution in [0.3, 0.4) is 0 Å². The smallest absolute Gasteiger partial charge is 0.0998 e. The highest BCUT2D eigenvalue weighted by atomic mass is 15.0. The average Bonchev–Trinajstić information content (AvgIpc) is 3.57. The van der Waals surface area contributed by atoms with E-state index in [0.717, 1.165) is 39.1 Å². The molecule has 2 heteroatoms. The first-order valence-electron chi connectivity index (χ1n) is 18.0. The Kier molecular flexibility index (Phi) is 7.23. The Bertz CT molecular complexity index is 2960. The number of benzene rings is 9. The maximum atomic E-state index is 10.6. The van der Waals surface area contributed by atoms with Crippen molar-refractivity contribution in [2.45, 2.75) is 0 Å². The van der Waals surface area contributed by atoms with Gasteiger partial charge in [0, 0.05) is 16.5 Å². The highest BCUT2D eigenvalue weighted by Crippen LogP contribution is 2.44. The van der Waals surface area contributed by atoms with Crippen LogP contribution in [0.5, 0.6) is 0 Å². The number of hydrogen-bond donors (Lipinski definition) is 0. The van der Waals surface area contributed by atoms with Gasteiger partial charge in [-0.25, -0.2) is 0 Å². The maximum Gasteiger partial charge on any atom is 0.0998 e. The molecule has 0 aliphatic heterocycles. The summed E-state index contributed by atoms with van der Waals surface area (Å²) in [6.07, 6.45) is 0. The van der Waals surface area contributed by atoms with Crippen molar-refractivity contribution in [3.8, 4) is 56.3 Å². The number of nitriles is 1. The molecule has 0 atom stereocenters. The van der Waals surface area contributed by atoms with Gasteiger partial charge in [-0.1, -0.05) is 158 Å². The number of nitrogens with zero attached hydrogens (tertiary/aromatic N) is 2. The first kappa shape index (κ1) is 30.6. The van der Waals surface area contributed by atoms with Crippen LogP contribution in [0.25, 0.3) is 93.5 Å². The fourth-order valence-corrected chi connectivity index (χ4v) is 8.29. The summed E-state index contributed by atoms with van der Waals surface area (Å²) in [6, 6.07) is 71.4. The quantitative estimate of drug-likeness (QED) is 0.167. The molecule has 1 heterocycles. The van der Waals surface area contributed by atoms with Crippen LogP contribution in [0.15, 0.2) is 194 Å². The van der Waals surface area contributed by atoms with E-state index in [4.69, 9.17) is 0 Å². The van der Waals surface area contributed by atoms with Crippen molar-refractivity contribution in [1.82, 2.24) is 4.57 Å². The summed E-state index contributed by atoms with van der Waals surface area (Å²) in [7, 11) is 0. The molecule has 0 bridgehead atoms. The topological polar surface area (TPSA) is 28.7 Å². The highest BCUT2D eigenvalue weighted by molar-refractivity contribution is 6.21. The summed E-state index contributed by atoms with van der Waals surface area (Å²) in [4.78, 5) is 0. The predicted molar refractivity (Wildman–Crippen MR) is 222 cm³/mol. The van der Waals surface area contributed by atoms with E-state index in [2.05, 4.69) is 205 Å². The molecule has 2 nitrogen and oxygen atoms in total. The third kappa shape index (κ3) is 5.02. The van der Waals surface area contributed by atoms with E-state index in [-0.39, 0.29) is 0 Å². The molecule has 0 amide bonds. The largest absolute Gasteiger partial charge is 0.309 e. The number of rotatable bonds is 5. The van der Waals surface area contributed by atoms with Crippen LogP contribution in [0.4, 0.5) is 0 Å². The fourth-order valence-electron chi connectivity index (χ4n) is 8.29. The van der Waals surface area contributed by atoms with Crippen LogP contribution in [-0.4, -0.2) is 4.57 Å². The van der Waals surface area contributed by atoms with Crippen molar-refractivity contribution in [3.63, 3.8) is 0 Å². The molecule has 10 rings (SSSR count). The number of aromatic nitrogens is 1. The molecule has 0 spiro atoms. The van der Waals surface area contributed by atoms with E-state index in [0.29, 0.717) is 5.56 Å². The minimum absolute atomic E-state index is 0.652. The number of fused-ring (bicyclic) bond motifs is 5. The van der Waals surface area contributed by atoms with Crippen molar-refractivity contribution in [1.29, 1.82) is 5.26 Å². The van der Waals surface area contributed by atoms with Crippen molar-refractivity contribution in [3.05, 3.63) is 200 Å². The van der Waals surface area contributed by atoms with Gasteiger partial charge in [0.2, 0.25) is 0 Å². The van der Waals surface area contributed by atoms with Gasteiger partial charge in [0.1, 0.15) is 0 Å². The van der Waals surface area contributed by atoms with Gasteiger partial charge in [-0.05, 0) is 102 Å². The van der Waals surface area contributed by atoms with Gasteiger partial charge >= 0.3 is 0 Å². The van der Waals surface area contributed by atoms with E-state index in [9.17, 15) is 5.26 Å². The third-order valence-corrected chi connectivity index (χ3v) is 10.6. The SMILES string of the molecule is N#Cc1cc(-c2c3ccccc3c(-c3ccccc3)c3ccccc23)ccc1-c1cccc(-c2cccc(-n3c4ccccc4c4ccccc43)c2)c1. The number of hydrogen-bond acceptors (Lipinski definition) is 1. The van der Waals surface area contributed by atoms with Crippen molar-refractivity contribution >= 4 is 43.4 Å². The second-order valence-electron chi connectivity index (χ2n) is 13.6. The lowest BCUT2D eigenvalue weighted by Crippen LogP contribution is -1.94. The first-order chi connectivity index (χ1) is 26.3. The van der Waals surface area contributed by atoms with Gasteiger partial charge in [-0.15, -0.1) is 0 Å². The Labute approximate surface area is 308 Å². The lowest BCUT2D eigenvalue weighted by Gasteiger charge is -2.18. The summed E-state index contributed by atoms with van der Waals surface area (Å²) in [6.45, 7) is 0. The molecular weight excluding hydrogens is 641 g/mol. The zero-order valence-electron chi connectivity index (χ0n) is 28.9. The summed E-state index contributed by atoms with van der Waals surface area (Å²) < 4.78 is 2.35. The normalized spacial score (nSPS) is 11.4.